The minimum Gasteiger partial charge on any atom is -0.435 e. The normalized spacial score (nSPS) is 22.7. The Balaban J connectivity index is 1.62. The molecule has 3 rings (SSSR count). The molecule has 0 unspecified atom stereocenters. The largest absolute Gasteiger partial charge is 0.435 e. The number of rotatable bonds is 6. The molecule has 5 heteroatoms. The van der Waals surface area contributed by atoms with E-state index in [4.69, 9.17) is 15.2 Å². The topological polar surface area (TPSA) is 78.6 Å². The number of benzene rings is 2. The van der Waals surface area contributed by atoms with E-state index in [1.54, 1.807) is 6.92 Å². The van der Waals surface area contributed by atoms with Gasteiger partial charge in [-0.25, -0.2) is 0 Å². The standard InChI is InChI=1S/C21H23NO4/c1-15-25-14-21(19(22)23,20(24)26-15)13-5-6-16-9-11-18(12-10-16)17-7-3-2-4-8-17/h2-4,7-12,15H,5-6,13-14H2,1H3,(H2,22,23)/t15-,21-/m0/s1. The van der Waals surface area contributed by atoms with Gasteiger partial charge in [0.1, 0.15) is 0 Å². The highest BCUT2D eigenvalue weighted by atomic mass is 16.7. The van der Waals surface area contributed by atoms with Crippen molar-refractivity contribution in [3.63, 3.8) is 0 Å². The van der Waals surface area contributed by atoms with E-state index < -0.39 is 23.6 Å². The highest BCUT2D eigenvalue weighted by Gasteiger charge is 2.49. The summed E-state index contributed by atoms with van der Waals surface area (Å²) in [4.78, 5) is 24.1. The Hall–Kier alpha value is -2.66. The number of carbonyl (C=O) groups is 2. The fourth-order valence-electron chi connectivity index (χ4n) is 3.17. The molecular formula is C21H23NO4. The van der Waals surface area contributed by atoms with Crippen molar-refractivity contribution >= 4 is 11.9 Å². The molecule has 0 aliphatic carbocycles. The van der Waals surface area contributed by atoms with E-state index in [9.17, 15) is 9.59 Å². The molecule has 0 radical (unpaired) electrons. The summed E-state index contributed by atoms with van der Waals surface area (Å²) < 4.78 is 10.4. The van der Waals surface area contributed by atoms with Gasteiger partial charge in [-0.2, -0.15) is 0 Å². The van der Waals surface area contributed by atoms with Crippen molar-refractivity contribution in [2.75, 3.05) is 6.61 Å². The lowest BCUT2D eigenvalue weighted by atomic mass is 9.81. The van der Waals surface area contributed by atoms with Crippen LogP contribution < -0.4 is 5.73 Å². The Bertz CT molecular complexity index is 772. The van der Waals surface area contributed by atoms with Gasteiger partial charge in [0.15, 0.2) is 11.7 Å². The van der Waals surface area contributed by atoms with Gasteiger partial charge in [0.05, 0.1) is 6.61 Å². The molecule has 26 heavy (non-hydrogen) atoms. The molecule has 2 aromatic rings. The molecule has 2 N–H and O–H groups in total. The molecule has 136 valence electrons. The van der Waals surface area contributed by atoms with E-state index in [0.717, 1.165) is 17.5 Å². The van der Waals surface area contributed by atoms with Gasteiger partial charge in [-0.3, -0.25) is 9.59 Å². The molecule has 5 nitrogen and oxygen atoms in total. The third-order valence-electron chi connectivity index (χ3n) is 4.83. The number of ether oxygens (including phenoxy) is 2. The summed E-state index contributed by atoms with van der Waals surface area (Å²) in [6.07, 6.45) is 1.06. The van der Waals surface area contributed by atoms with Crippen LogP contribution >= 0.6 is 0 Å². The molecule has 1 aliphatic heterocycles. The van der Waals surface area contributed by atoms with Gasteiger partial charge in [0.2, 0.25) is 5.91 Å². The highest BCUT2D eigenvalue weighted by molar-refractivity contribution is 6.02. The van der Waals surface area contributed by atoms with E-state index in [0.29, 0.717) is 12.8 Å². The quantitative estimate of drug-likeness (QED) is 0.639. The summed E-state index contributed by atoms with van der Waals surface area (Å²) >= 11 is 0. The van der Waals surface area contributed by atoms with Crippen molar-refractivity contribution in [3.8, 4) is 11.1 Å². The van der Waals surface area contributed by atoms with Gasteiger partial charge in [-0.05, 0) is 42.9 Å². The first-order valence-corrected chi connectivity index (χ1v) is 8.78. The first-order chi connectivity index (χ1) is 12.5. The molecule has 1 fully saturated rings. The zero-order chi connectivity index (χ0) is 18.6. The Morgan fingerprint density at radius 1 is 1.12 bits per heavy atom. The molecule has 2 aromatic carbocycles. The van der Waals surface area contributed by atoms with Gasteiger partial charge < -0.3 is 15.2 Å². The van der Waals surface area contributed by atoms with Gasteiger partial charge in [-0.1, -0.05) is 54.6 Å². The number of carbonyl (C=O) groups excluding carboxylic acids is 2. The molecule has 1 amide bonds. The van der Waals surface area contributed by atoms with E-state index in [1.165, 1.54) is 5.56 Å². The molecule has 0 saturated carbocycles. The monoisotopic (exact) mass is 353 g/mol. The van der Waals surface area contributed by atoms with Crippen molar-refractivity contribution in [3.05, 3.63) is 60.2 Å². The molecule has 2 atom stereocenters. The van der Waals surface area contributed by atoms with Gasteiger partial charge in [-0.15, -0.1) is 0 Å². The minimum absolute atomic E-state index is 0.0186. The molecule has 1 aliphatic rings. The van der Waals surface area contributed by atoms with Gasteiger partial charge >= 0.3 is 5.97 Å². The third-order valence-corrected chi connectivity index (χ3v) is 4.83. The predicted octanol–water partition coefficient (Wildman–Crippen LogP) is 3.07. The molecular weight excluding hydrogens is 330 g/mol. The molecule has 0 bridgehead atoms. The van der Waals surface area contributed by atoms with Crippen molar-refractivity contribution in [2.45, 2.75) is 32.5 Å². The number of esters is 1. The molecule has 0 spiro atoms. The highest BCUT2D eigenvalue weighted by Crippen LogP contribution is 2.32. The van der Waals surface area contributed by atoms with Crippen LogP contribution in [0, 0.1) is 5.41 Å². The van der Waals surface area contributed by atoms with E-state index in [2.05, 4.69) is 36.4 Å². The number of nitrogens with two attached hydrogens (primary N) is 1. The van der Waals surface area contributed by atoms with Crippen LogP contribution in [0.1, 0.15) is 25.3 Å². The lowest BCUT2D eigenvalue weighted by molar-refractivity contribution is -0.220. The SMILES string of the molecule is C[C@H]1OC[C@@](CCCc2ccc(-c3ccccc3)cc2)(C(N)=O)C(=O)O1. The van der Waals surface area contributed by atoms with E-state index >= 15 is 0 Å². The van der Waals surface area contributed by atoms with Crippen molar-refractivity contribution in [2.24, 2.45) is 11.1 Å². The Labute approximate surface area is 153 Å². The molecule has 1 heterocycles. The molecule has 1 saturated heterocycles. The van der Waals surface area contributed by atoms with Crippen LogP contribution in [-0.4, -0.2) is 24.8 Å². The average Bonchev–Trinajstić information content (AvgIpc) is 2.65. The second-order valence-electron chi connectivity index (χ2n) is 6.65. The minimum atomic E-state index is -1.38. The maximum Gasteiger partial charge on any atom is 0.326 e. The number of amides is 1. The summed E-state index contributed by atoms with van der Waals surface area (Å²) in [5.74, 6) is -1.27. The zero-order valence-electron chi connectivity index (χ0n) is 14.8. The summed E-state index contributed by atoms with van der Waals surface area (Å²) in [6.45, 7) is 1.60. The molecule has 0 aromatic heterocycles. The fraction of sp³-hybridized carbons (Fsp3) is 0.333. The number of aryl methyl sites for hydroxylation is 1. The Morgan fingerprint density at radius 3 is 2.38 bits per heavy atom. The smallest absolute Gasteiger partial charge is 0.326 e. The van der Waals surface area contributed by atoms with E-state index in [-0.39, 0.29) is 6.61 Å². The summed E-state index contributed by atoms with van der Waals surface area (Å²) in [7, 11) is 0. The summed E-state index contributed by atoms with van der Waals surface area (Å²) in [5, 5.41) is 0. The lowest BCUT2D eigenvalue weighted by Crippen LogP contribution is -2.53. The number of hydrogen-bond acceptors (Lipinski definition) is 4. The third kappa shape index (κ3) is 3.78. The Kier molecular flexibility index (Phi) is 5.38. The Morgan fingerprint density at radius 2 is 1.77 bits per heavy atom. The van der Waals surface area contributed by atoms with Crippen LogP contribution in [0.3, 0.4) is 0 Å². The van der Waals surface area contributed by atoms with Gasteiger partial charge in [0, 0.05) is 0 Å². The van der Waals surface area contributed by atoms with Crippen LogP contribution in [-0.2, 0) is 25.5 Å². The summed E-state index contributed by atoms with van der Waals surface area (Å²) in [6, 6.07) is 18.4. The zero-order valence-corrected chi connectivity index (χ0v) is 14.8. The van der Waals surface area contributed by atoms with Crippen LogP contribution in [0.5, 0.6) is 0 Å². The van der Waals surface area contributed by atoms with Crippen molar-refractivity contribution < 1.29 is 19.1 Å². The fourth-order valence-corrected chi connectivity index (χ4v) is 3.17. The second kappa shape index (κ2) is 7.70. The van der Waals surface area contributed by atoms with Crippen molar-refractivity contribution in [1.82, 2.24) is 0 Å². The average molecular weight is 353 g/mol. The lowest BCUT2D eigenvalue weighted by Gasteiger charge is -2.34. The summed E-state index contributed by atoms with van der Waals surface area (Å²) in [5.41, 5.74) is 7.57. The van der Waals surface area contributed by atoms with Crippen LogP contribution in [0.25, 0.3) is 11.1 Å². The van der Waals surface area contributed by atoms with Crippen LogP contribution in [0.4, 0.5) is 0 Å². The first kappa shape index (κ1) is 18.1. The maximum atomic E-state index is 12.2. The van der Waals surface area contributed by atoms with Crippen LogP contribution in [0.2, 0.25) is 0 Å². The van der Waals surface area contributed by atoms with Gasteiger partial charge in [0.25, 0.3) is 0 Å². The predicted molar refractivity (Wildman–Crippen MR) is 97.9 cm³/mol. The van der Waals surface area contributed by atoms with Crippen molar-refractivity contribution in [1.29, 1.82) is 0 Å². The maximum absolute atomic E-state index is 12.2. The number of primary amides is 1. The van der Waals surface area contributed by atoms with E-state index in [1.807, 2.05) is 18.2 Å². The number of hydrogen-bond donors (Lipinski definition) is 1. The second-order valence-corrected chi connectivity index (χ2v) is 6.65. The first-order valence-electron chi connectivity index (χ1n) is 8.78. The van der Waals surface area contributed by atoms with Crippen LogP contribution in [0.15, 0.2) is 54.6 Å². The number of cyclic esters (lactones) is 1.